The fourth-order valence-corrected chi connectivity index (χ4v) is 9.53. The van der Waals surface area contributed by atoms with Crippen LogP contribution in [0.2, 0.25) is 0 Å². The van der Waals surface area contributed by atoms with Gasteiger partial charge in [0.1, 0.15) is 0 Å². The lowest BCUT2D eigenvalue weighted by atomic mass is 9.90. The number of benzene rings is 9. The average molecular weight is 626 g/mol. The maximum Gasteiger partial charge on any atom is 0.0625 e. The lowest BCUT2D eigenvalue weighted by molar-refractivity contribution is 1.22. The summed E-state index contributed by atoms with van der Waals surface area (Å²) in [5.74, 6) is 0. The van der Waals surface area contributed by atoms with E-state index < -0.39 is 0 Å². The van der Waals surface area contributed by atoms with Crippen molar-refractivity contribution in [3.63, 3.8) is 0 Å². The molecule has 0 aliphatic carbocycles. The van der Waals surface area contributed by atoms with E-state index in [-0.39, 0.29) is 0 Å². The molecule has 0 spiro atoms. The van der Waals surface area contributed by atoms with E-state index in [1.54, 1.807) is 0 Å². The highest BCUT2D eigenvalue weighted by Gasteiger charge is 2.21. The Bertz CT molecular complexity index is 3120. The molecular formula is C46H27NS. The van der Waals surface area contributed by atoms with Crippen molar-refractivity contribution in [3.8, 4) is 16.8 Å². The van der Waals surface area contributed by atoms with Crippen LogP contribution >= 0.6 is 11.3 Å². The molecular weight excluding hydrogens is 599 g/mol. The molecule has 222 valence electrons. The first-order valence-electron chi connectivity index (χ1n) is 16.5. The molecule has 9 aromatic carbocycles. The predicted octanol–water partition coefficient (Wildman–Crippen LogP) is 13.4. The number of aromatic nitrogens is 1. The van der Waals surface area contributed by atoms with Crippen molar-refractivity contribution in [2.45, 2.75) is 0 Å². The van der Waals surface area contributed by atoms with Crippen molar-refractivity contribution < 1.29 is 0 Å². The third-order valence-corrected chi connectivity index (χ3v) is 11.6. The fraction of sp³-hybridized carbons (Fsp3) is 0. The van der Waals surface area contributed by atoms with Crippen LogP contribution in [-0.4, -0.2) is 4.57 Å². The summed E-state index contributed by atoms with van der Waals surface area (Å²) in [6, 6.07) is 60.7. The zero-order chi connectivity index (χ0) is 31.3. The highest BCUT2D eigenvalue weighted by Crippen LogP contribution is 2.46. The molecule has 0 atom stereocenters. The minimum absolute atomic E-state index is 1.22. The fourth-order valence-electron chi connectivity index (χ4n) is 8.29. The van der Waals surface area contributed by atoms with Crippen molar-refractivity contribution in [3.05, 3.63) is 164 Å². The lowest BCUT2D eigenvalue weighted by Crippen LogP contribution is -1.98. The first-order valence-corrected chi connectivity index (χ1v) is 17.3. The van der Waals surface area contributed by atoms with E-state index in [9.17, 15) is 0 Å². The van der Waals surface area contributed by atoms with Crippen LogP contribution in [0.5, 0.6) is 0 Å². The van der Waals surface area contributed by atoms with Gasteiger partial charge in [-0.1, -0.05) is 133 Å². The summed E-state index contributed by atoms with van der Waals surface area (Å²) in [6.45, 7) is 0. The van der Waals surface area contributed by atoms with Gasteiger partial charge < -0.3 is 4.57 Å². The molecule has 11 rings (SSSR count). The quantitative estimate of drug-likeness (QED) is 0.133. The Morgan fingerprint density at radius 1 is 0.375 bits per heavy atom. The molecule has 0 aliphatic heterocycles. The SMILES string of the molecule is c1ccc2c(-n3c4ccccc4c4cc(-c5cccc6c5sc5ccccc56)ccc43)c3c4ccccc4c4ccccc4c3cc2c1. The Balaban J connectivity index is 1.30. The molecule has 0 fully saturated rings. The number of thiophene rings is 1. The van der Waals surface area contributed by atoms with Gasteiger partial charge in [-0.3, -0.25) is 0 Å². The second-order valence-electron chi connectivity index (χ2n) is 12.8. The summed E-state index contributed by atoms with van der Waals surface area (Å²) in [6.07, 6.45) is 0. The largest absolute Gasteiger partial charge is 0.308 e. The predicted molar refractivity (Wildman–Crippen MR) is 209 cm³/mol. The molecule has 11 aromatic rings. The summed E-state index contributed by atoms with van der Waals surface area (Å²) >= 11 is 1.89. The van der Waals surface area contributed by atoms with Crippen molar-refractivity contribution in [2.24, 2.45) is 0 Å². The molecule has 0 amide bonds. The van der Waals surface area contributed by atoms with Gasteiger partial charge in [0.05, 0.1) is 16.7 Å². The Kier molecular flexibility index (Phi) is 5.32. The standard InChI is InChI=1S/C46H27NS/c1-2-13-30-28(12-1)27-40-34-16-4-3-14-32(34)33-15-5-6-19-37(33)44(40)45(30)47-41-22-9-7-17-35(41)39-26-29(24-25-42(39)47)31-20-11-21-38-36-18-8-10-23-43(36)48-46(31)38/h1-27H. The number of rotatable bonds is 2. The van der Waals surface area contributed by atoms with Crippen LogP contribution in [0.4, 0.5) is 0 Å². The topological polar surface area (TPSA) is 4.93 Å². The molecule has 1 nitrogen and oxygen atoms in total. The molecule has 0 aliphatic rings. The molecule has 0 bridgehead atoms. The minimum atomic E-state index is 1.22. The average Bonchev–Trinajstić information content (AvgIpc) is 3.70. The normalized spacial score (nSPS) is 12.2. The smallest absolute Gasteiger partial charge is 0.0625 e. The third kappa shape index (κ3) is 3.50. The van der Waals surface area contributed by atoms with Gasteiger partial charge >= 0.3 is 0 Å². The lowest BCUT2D eigenvalue weighted by Gasteiger charge is -2.19. The summed E-state index contributed by atoms with van der Waals surface area (Å²) in [7, 11) is 0. The minimum Gasteiger partial charge on any atom is -0.308 e. The highest BCUT2D eigenvalue weighted by atomic mass is 32.1. The number of para-hydroxylation sites is 1. The van der Waals surface area contributed by atoms with Crippen molar-refractivity contribution in [1.82, 2.24) is 4.57 Å². The van der Waals surface area contributed by atoms with E-state index in [2.05, 4.69) is 168 Å². The molecule has 2 heterocycles. The van der Waals surface area contributed by atoms with E-state index >= 15 is 0 Å². The van der Waals surface area contributed by atoms with Crippen molar-refractivity contribution >= 4 is 96.4 Å². The zero-order valence-corrected chi connectivity index (χ0v) is 26.8. The van der Waals surface area contributed by atoms with Gasteiger partial charge in [-0.15, -0.1) is 11.3 Å². The van der Waals surface area contributed by atoms with E-state index in [1.165, 1.54) is 102 Å². The van der Waals surface area contributed by atoms with E-state index in [1.807, 2.05) is 11.3 Å². The van der Waals surface area contributed by atoms with Crippen molar-refractivity contribution in [1.29, 1.82) is 0 Å². The maximum atomic E-state index is 2.54. The molecule has 0 radical (unpaired) electrons. The van der Waals surface area contributed by atoms with Crippen LogP contribution in [0.15, 0.2) is 164 Å². The van der Waals surface area contributed by atoms with E-state index in [4.69, 9.17) is 0 Å². The summed E-state index contributed by atoms with van der Waals surface area (Å²) < 4.78 is 5.22. The zero-order valence-electron chi connectivity index (χ0n) is 25.9. The molecule has 0 saturated carbocycles. The molecule has 0 unspecified atom stereocenters. The van der Waals surface area contributed by atoms with Gasteiger partial charge in [0.2, 0.25) is 0 Å². The Labute approximate surface area is 280 Å². The first kappa shape index (κ1) is 26.1. The van der Waals surface area contributed by atoms with Gasteiger partial charge in [-0.25, -0.2) is 0 Å². The summed E-state index contributed by atoms with van der Waals surface area (Å²) in [4.78, 5) is 0. The first-order chi connectivity index (χ1) is 23.8. The van der Waals surface area contributed by atoms with Crippen molar-refractivity contribution in [2.75, 3.05) is 0 Å². The Morgan fingerprint density at radius 3 is 1.81 bits per heavy atom. The second kappa shape index (κ2) is 9.78. The van der Waals surface area contributed by atoms with E-state index in [0.717, 1.165) is 0 Å². The number of hydrogen-bond donors (Lipinski definition) is 0. The number of hydrogen-bond acceptors (Lipinski definition) is 1. The van der Waals surface area contributed by atoms with Gasteiger partial charge in [0.15, 0.2) is 0 Å². The molecule has 0 saturated heterocycles. The van der Waals surface area contributed by atoms with Gasteiger partial charge in [-0.05, 0) is 73.8 Å². The van der Waals surface area contributed by atoms with Crippen LogP contribution in [0.1, 0.15) is 0 Å². The second-order valence-corrected chi connectivity index (χ2v) is 13.9. The van der Waals surface area contributed by atoms with Gasteiger partial charge in [0.25, 0.3) is 0 Å². The van der Waals surface area contributed by atoms with Crippen LogP contribution in [-0.2, 0) is 0 Å². The molecule has 2 heteroatoms. The van der Waals surface area contributed by atoms with Gasteiger partial charge in [-0.2, -0.15) is 0 Å². The maximum absolute atomic E-state index is 2.54. The molecule has 2 aromatic heterocycles. The Hall–Kier alpha value is -5.96. The molecule has 0 N–H and O–H groups in total. The van der Waals surface area contributed by atoms with Crippen LogP contribution in [0.25, 0.3) is 102 Å². The van der Waals surface area contributed by atoms with Gasteiger partial charge in [0, 0.05) is 41.7 Å². The Morgan fingerprint density at radius 2 is 0.979 bits per heavy atom. The van der Waals surface area contributed by atoms with Crippen LogP contribution < -0.4 is 0 Å². The van der Waals surface area contributed by atoms with Crippen LogP contribution in [0, 0.1) is 0 Å². The summed E-state index contributed by atoms with van der Waals surface area (Å²) in [5, 5.41) is 15.4. The van der Waals surface area contributed by atoms with E-state index in [0.29, 0.717) is 0 Å². The molecule has 48 heavy (non-hydrogen) atoms. The third-order valence-electron chi connectivity index (χ3n) is 10.3. The highest BCUT2D eigenvalue weighted by molar-refractivity contribution is 7.26. The number of fused-ring (bicyclic) bond motifs is 13. The van der Waals surface area contributed by atoms with Crippen LogP contribution in [0.3, 0.4) is 0 Å². The number of nitrogens with zero attached hydrogens (tertiary/aromatic N) is 1. The monoisotopic (exact) mass is 625 g/mol. The summed E-state index contributed by atoms with van der Waals surface area (Å²) in [5.41, 5.74) is 6.23.